The zero-order valence-corrected chi connectivity index (χ0v) is 18.0. The van der Waals surface area contributed by atoms with Gasteiger partial charge in [-0.3, -0.25) is 9.10 Å². The van der Waals surface area contributed by atoms with Crippen molar-refractivity contribution in [2.75, 3.05) is 18.0 Å². The summed E-state index contributed by atoms with van der Waals surface area (Å²) in [4.78, 5) is 12.6. The Labute approximate surface area is 182 Å². The van der Waals surface area contributed by atoms with Gasteiger partial charge in [0.2, 0.25) is 0 Å². The van der Waals surface area contributed by atoms with Crippen LogP contribution in [-0.4, -0.2) is 34.2 Å². The van der Waals surface area contributed by atoms with E-state index >= 15 is 0 Å². The molecule has 0 unspecified atom stereocenters. The van der Waals surface area contributed by atoms with Gasteiger partial charge in [0.25, 0.3) is 15.9 Å². The molecule has 3 rings (SSSR count). The van der Waals surface area contributed by atoms with E-state index in [2.05, 4.69) is 10.5 Å². The van der Waals surface area contributed by atoms with Crippen LogP contribution in [0.15, 0.2) is 88.9 Å². The molecule has 0 aliphatic rings. The lowest BCUT2D eigenvalue weighted by Crippen LogP contribution is -2.39. The van der Waals surface area contributed by atoms with Gasteiger partial charge in [0.1, 0.15) is 12.3 Å². The Kier molecular flexibility index (Phi) is 7.04. The Balaban J connectivity index is 1.81. The molecule has 3 aromatic carbocycles. The summed E-state index contributed by atoms with van der Waals surface area (Å²) in [6.45, 7) is 1.53. The lowest BCUT2D eigenvalue weighted by molar-refractivity contribution is -0.119. The molecule has 0 bridgehead atoms. The summed E-state index contributed by atoms with van der Waals surface area (Å²) in [6, 6.07) is 22.1. The van der Waals surface area contributed by atoms with E-state index in [1.165, 1.54) is 25.5 Å². The topological polar surface area (TPSA) is 88.1 Å². The quantitative estimate of drug-likeness (QED) is 0.432. The number of nitrogens with zero attached hydrogens (tertiary/aromatic N) is 2. The van der Waals surface area contributed by atoms with Crippen LogP contribution in [0.2, 0.25) is 0 Å². The van der Waals surface area contributed by atoms with Crippen LogP contribution in [0.4, 0.5) is 5.69 Å². The molecule has 0 atom stereocenters. The third-order valence-corrected chi connectivity index (χ3v) is 6.21. The highest BCUT2D eigenvalue weighted by atomic mass is 32.2. The lowest BCUT2D eigenvalue weighted by atomic mass is 10.2. The van der Waals surface area contributed by atoms with Crippen molar-refractivity contribution in [1.29, 1.82) is 0 Å². The van der Waals surface area contributed by atoms with Gasteiger partial charge in [-0.2, -0.15) is 5.10 Å². The second kappa shape index (κ2) is 9.90. The first-order valence-corrected chi connectivity index (χ1v) is 10.9. The van der Waals surface area contributed by atoms with E-state index in [9.17, 15) is 13.2 Å². The summed E-state index contributed by atoms with van der Waals surface area (Å²) in [7, 11) is -2.49. The first kappa shape index (κ1) is 22.0. The number of hydrazone groups is 1. The maximum atomic E-state index is 13.3. The van der Waals surface area contributed by atoms with E-state index in [0.717, 1.165) is 15.4 Å². The van der Waals surface area contributed by atoms with Crippen LogP contribution >= 0.6 is 0 Å². The van der Waals surface area contributed by atoms with Crippen molar-refractivity contribution in [2.24, 2.45) is 5.10 Å². The molecule has 7 nitrogen and oxygen atoms in total. The summed E-state index contributed by atoms with van der Waals surface area (Å²) in [5.74, 6) is -0.0294. The summed E-state index contributed by atoms with van der Waals surface area (Å²) < 4.78 is 32.7. The van der Waals surface area contributed by atoms with Crippen LogP contribution in [0.25, 0.3) is 0 Å². The second-order valence-corrected chi connectivity index (χ2v) is 8.59. The van der Waals surface area contributed by atoms with E-state index in [4.69, 9.17) is 4.74 Å². The van der Waals surface area contributed by atoms with Crippen molar-refractivity contribution in [2.45, 2.75) is 11.8 Å². The van der Waals surface area contributed by atoms with Gasteiger partial charge in [-0.15, -0.1) is 0 Å². The molecule has 0 heterocycles. The normalized spacial score (nSPS) is 11.3. The minimum Gasteiger partial charge on any atom is -0.497 e. The average molecular weight is 438 g/mol. The molecule has 8 heteroatoms. The number of methoxy groups -OCH3 is 1. The number of aryl methyl sites for hydroxylation is 1. The highest BCUT2D eigenvalue weighted by Crippen LogP contribution is 2.24. The van der Waals surface area contributed by atoms with Gasteiger partial charge >= 0.3 is 0 Å². The van der Waals surface area contributed by atoms with Crippen molar-refractivity contribution >= 4 is 27.8 Å². The molecule has 0 spiro atoms. The first-order chi connectivity index (χ1) is 14.9. The van der Waals surface area contributed by atoms with Crippen LogP contribution < -0.4 is 14.5 Å². The number of hydrogen-bond donors (Lipinski definition) is 1. The molecule has 0 saturated carbocycles. The Hall–Kier alpha value is -3.65. The first-order valence-electron chi connectivity index (χ1n) is 9.50. The third-order valence-electron chi connectivity index (χ3n) is 4.42. The molecule has 0 fully saturated rings. The van der Waals surface area contributed by atoms with Gasteiger partial charge in [-0.25, -0.2) is 13.8 Å². The van der Waals surface area contributed by atoms with Gasteiger partial charge in [0.15, 0.2) is 0 Å². The Morgan fingerprint density at radius 1 is 1.03 bits per heavy atom. The van der Waals surface area contributed by atoms with Crippen molar-refractivity contribution in [3.63, 3.8) is 0 Å². The second-order valence-electron chi connectivity index (χ2n) is 6.73. The van der Waals surface area contributed by atoms with Crippen LogP contribution in [-0.2, 0) is 14.8 Å². The number of nitrogens with one attached hydrogen (secondary N) is 1. The van der Waals surface area contributed by atoms with E-state index in [0.29, 0.717) is 11.4 Å². The summed E-state index contributed by atoms with van der Waals surface area (Å²) in [5.41, 5.74) is 4.66. The van der Waals surface area contributed by atoms with E-state index < -0.39 is 22.5 Å². The van der Waals surface area contributed by atoms with Crippen LogP contribution in [0.3, 0.4) is 0 Å². The minimum absolute atomic E-state index is 0.0493. The maximum Gasteiger partial charge on any atom is 0.264 e. The summed E-state index contributed by atoms with van der Waals surface area (Å²) in [6.07, 6.45) is 1.51. The number of hydrogen-bond acceptors (Lipinski definition) is 5. The van der Waals surface area contributed by atoms with Crippen LogP contribution in [0, 0.1) is 6.92 Å². The molecule has 0 aliphatic carbocycles. The molecular formula is C23H23N3O4S. The van der Waals surface area contributed by atoms with Gasteiger partial charge in [0, 0.05) is 0 Å². The number of ether oxygens (including phenoxy) is 1. The zero-order valence-electron chi connectivity index (χ0n) is 17.2. The predicted octanol–water partition coefficient (Wildman–Crippen LogP) is 3.35. The monoisotopic (exact) mass is 437 g/mol. The van der Waals surface area contributed by atoms with Gasteiger partial charge < -0.3 is 4.74 Å². The summed E-state index contributed by atoms with van der Waals surface area (Å²) >= 11 is 0. The molecular weight excluding hydrogens is 414 g/mol. The van der Waals surface area contributed by atoms with Crippen molar-refractivity contribution in [3.8, 4) is 5.75 Å². The van der Waals surface area contributed by atoms with Gasteiger partial charge in [0.05, 0.1) is 23.9 Å². The maximum absolute atomic E-state index is 13.3. The van der Waals surface area contributed by atoms with Crippen molar-refractivity contribution in [3.05, 3.63) is 90.0 Å². The molecule has 0 aromatic heterocycles. The SMILES string of the molecule is COc1ccc(S(=O)(=O)N(CC(=O)N/N=C\c2cccc(C)c2)c2ccccc2)cc1. The van der Waals surface area contributed by atoms with E-state index in [1.54, 1.807) is 42.5 Å². The number of anilines is 1. The van der Waals surface area contributed by atoms with E-state index in [1.807, 2.05) is 31.2 Å². The van der Waals surface area contributed by atoms with Gasteiger partial charge in [-0.05, 0) is 48.9 Å². The average Bonchev–Trinajstić information content (AvgIpc) is 2.78. The molecule has 0 radical (unpaired) electrons. The fourth-order valence-corrected chi connectivity index (χ4v) is 4.30. The third kappa shape index (κ3) is 5.70. The van der Waals surface area contributed by atoms with Crippen molar-refractivity contribution < 1.29 is 17.9 Å². The number of benzene rings is 3. The number of carbonyl (C=O) groups is 1. The van der Waals surface area contributed by atoms with Crippen LogP contribution in [0.1, 0.15) is 11.1 Å². The highest BCUT2D eigenvalue weighted by molar-refractivity contribution is 7.92. The molecule has 3 aromatic rings. The van der Waals surface area contributed by atoms with Gasteiger partial charge in [-0.1, -0.05) is 48.0 Å². The molecule has 1 N–H and O–H groups in total. The van der Waals surface area contributed by atoms with Crippen molar-refractivity contribution in [1.82, 2.24) is 5.43 Å². The Morgan fingerprint density at radius 2 is 1.74 bits per heavy atom. The highest BCUT2D eigenvalue weighted by Gasteiger charge is 2.27. The number of amides is 1. The standard InChI is InChI=1S/C23H23N3O4S/c1-18-7-6-8-19(15-18)16-24-25-23(27)17-26(20-9-4-3-5-10-20)31(28,29)22-13-11-21(30-2)12-14-22/h3-16H,17H2,1-2H3,(H,25,27)/b24-16-. The Bertz CT molecular complexity index is 1160. The zero-order chi connectivity index (χ0) is 22.3. The molecule has 0 saturated heterocycles. The number of sulfonamides is 1. The minimum atomic E-state index is -3.99. The molecule has 0 aliphatic heterocycles. The largest absolute Gasteiger partial charge is 0.497 e. The van der Waals surface area contributed by atoms with Crippen LogP contribution in [0.5, 0.6) is 5.75 Å². The Morgan fingerprint density at radius 3 is 2.39 bits per heavy atom. The molecule has 31 heavy (non-hydrogen) atoms. The number of para-hydroxylation sites is 1. The number of rotatable bonds is 8. The fourth-order valence-electron chi connectivity index (χ4n) is 2.88. The van der Waals surface area contributed by atoms with E-state index in [-0.39, 0.29) is 4.90 Å². The molecule has 160 valence electrons. The number of carbonyl (C=O) groups excluding carboxylic acids is 1. The predicted molar refractivity (Wildman–Crippen MR) is 121 cm³/mol. The smallest absolute Gasteiger partial charge is 0.264 e. The molecule has 1 amide bonds. The summed E-state index contributed by atoms with van der Waals surface area (Å²) in [5, 5.41) is 3.94. The lowest BCUT2D eigenvalue weighted by Gasteiger charge is -2.23. The fraction of sp³-hybridized carbons (Fsp3) is 0.130.